The number of tetrazole rings is 1. The molecule has 1 saturated heterocycles. The van der Waals surface area contributed by atoms with Crippen LogP contribution in [-0.2, 0) is 0 Å². The number of nitrogens with zero attached hydrogens (tertiary/aromatic N) is 6. The molecule has 1 aromatic heterocycles. The minimum Gasteiger partial charge on any atom is -0.369 e. The van der Waals surface area contributed by atoms with E-state index in [0.29, 0.717) is 0 Å². The molecule has 2 heterocycles. The van der Waals surface area contributed by atoms with E-state index in [1.807, 2.05) is 35.0 Å². The number of benzene rings is 2. The molecule has 0 bridgehead atoms. The van der Waals surface area contributed by atoms with Crippen molar-refractivity contribution in [1.82, 2.24) is 20.2 Å². The SMILES string of the molecule is Cc1ccccc1N1CCCN(c2nnnn2-c2ccccc2)CC1. The van der Waals surface area contributed by atoms with E-state index in [1.54, 1.807) is 0 Å². The first-order valence-electron chi connectivity index (χ1n) is 8.72. The second-order valence-corrected chi connectivity index (χ2v) is 6.34. The molecule has 0 atom stereocenters. The summed E-state index contributed by atoms with van der Waals surface area (Å²) in [6.45, 7) is 6.05. The molecule has 6 heteroatoms. The molecule has 0 aliphatic carbocycles. The van der Waals surface area contributed by atoms with Crippen molar-refractivity contribution < 1.29 is 0 Å². The second-order valence-electron chi connectivity index (χ2n) is 6.34. The largest absolute Gasteiger partial charge is 0.369 e. The highest BCUT2D eigenvalue weighted by Crippen LogP contribution is 2.23. The third kappa shape index (κ3) is 3.20. The normalized spacial score (nSPS) is 15.2. The molecule has 1 aliphatic rings. The van der Waals surface area contributed by atoms with Crippen LogP contribution < -0.4 is 9.80 Å². The lowest BCUT2D eigenvalue weighted by molar-refractivity contribution is 0.743. The molecule has 6 nitrogen and oxygen atoms in total. The summed E-state index contributed by atoms with van der Waals surface area (Å²) >= 11 is 0. The van der Waals surface area contributed by atoms with Crippen LogP contribution in [-0.4, -0.2) is 46.4 Å². The first kappa shape index (κ1) is 15.6. The monoisotopic (exact) mass is 334 g/mol. The van der Waals surface area contributed by atoms with Crippen molar-refractivity contribution in [3.63, 3.8) is 0 Å². The first-order valence-corrected chi connectivity index (χ1v) is 8.72. The Bertz CT molecular complexity index is 829. The molecule has 0 amide bonds. The van der Waals surface area contributed by atoms with Crippen molar-refractivity contribution in [3.05, 3.63) is 60.2 Å². The minimum absolute atomic E-state index is 0.817. The Labute approximate surface area is 147 Å². The van der Waals surface area contributed by atoms with Crippen LogP contribution in [0.15, 0.2) is 54.6 Å². The lowest BCUT2D eigenvalue weighted by Crippen LogP contribution is -2.32. The van der Waals surface area contributed by atoms with Gasteiger partial charge >= 0.3 is 0 Å². The maximum atomic E-state index is 4.28. The number of hydrogen-bond donors (Lipinski definition) is 0. The van der Waals surface area contributed by atoms with Crippen LogP contribution in [0.3, 0.4) is 0 Å². The fourth-order valence-corrected chi connectivity index (χ4v) is 3.39. The van der Waals surface area contributed by atoms with Gasteiger partial charge in [-0.3, -0.25) is 0 Å². The molecule has 128 valence electrons. The minimum atomic E-state index is 0.817. The van der Waals surface area contributed by atoms with Crippen molar-refractivity contribution in [2.75, 3.05) is 36.0 Å². The van der Waals surface area contributed by atoms with E-state index in [1.165, 1.54) is 11.3 Å². The number of anilines is 2. The van der Waals surface area contributed by atoms with Crippen LogP contribution in [0.1, 0.15) is 12.0 Å². The zero-order chi connectivity index (χ0) is 17.1. The summed E-state index contributed by atoms with van der Waals surface area (Å²) in [5.41, 5.74) is 3.64. The van der Waals surface area contributed by atoms with Crippen LogP contribution in [0.5, 0.6) is 0 Å². The van der Waals surface area contributed by atoms with Gasteiger partial charge in [-0.1, -0.05) is 41.5 Å². The molecule has 1 fully saturated rings. The molecule has 0 N–H and O–H groups in total. The number of para-hydroxylation sites is 2. The average molecular weight is 334 g/mol. The molecule has 1 aliphatic heterocycles. The molecule has 25 heavy (non-hydrogen) atoms. The Morgan fingerprint density at radius 2 is 1.52 bits per heavy atom. The second kappa shape index (κ2) is 6.93. The summed E-state index contributed by atoms with van der Waals surface area (Å²) in [6.07, 6.45) is 1.08. The Kier molecular flexibility index (Phi) is 4.33. The lowest BCUT2D eigenvalue weighted by Gasteiger charge is -2.25. The van der Waals surface area contributed by atoms with Gasteiger partial charge in [0.2, 0.25) is 5.95 Å². The van der Waals surface area contributed by atoms with Crippen molar-refractivity contribution >= 4 is 11.6 Å². The molecule has 0 saturated carbocycles. The van der Waals surface area contributed by atoms with Gasteiger partial charge in [0, 0.05) is 31.9 Å². The average Bonchev–Trinajstić information content (AvgIpc) is 3.01. The number of rotatable bonds is 3. The number of aryl methyl sites for hydroxylation is 1. The van der Waals surface area contributed by atoms with Crippen molar-refractivity contribution in [2.45, 2.75) is 13.3 Å². The van der Waals surface area contributed by atoms with Crippen LogP contribution in [0.4, 0.5) is 11.6 Å². The van der Waals surface area contributed by atoms with E-state index in [-0.39, 0.29) is 0 Å². The summed E-state index contributed by atoms with van der Waals surface area (Å²) in [7, 11) is 0. The molecule has 2 aromatic carbocycles. The lowest BCUT2D eigenvalue weighted by atomic mass is 10.2. The molecule has 0 spiro atoms. The predicted molar refractivity (Wildman–Crippen MR) is 99.4 cm³/mol. The Balaban J connectivity index is 1.55. The highest BCUT2D eigenvalue weighted by molar-refractivity contribution is 5.53. The highest BCUT2D eigenvalue weighted by Gasteiger charge is 2.21. The van der Waals surface area contributed by atoms with Crippen molar-refractivity contribution in [2.24, 2.45) is 0 Å². The fraction of sp³-hybridized carbons (Fsp3) is 0.316. The third-order valence-corrected chi connectivity index (χ3v) is 4.69. The zero-order valence-corrected chi connectivity index (χ0v) is 14.4. The summed E-state index contributed by atoms with van der Waals surface area (Å²) in [6, 6.07) is 18.6. The van der Waals surface area contributed by atoms with Crippen LogP contribution in [0, 0.1) is 6.92 Å². The topological polar surface area (TPSA) is 50.1 Å². The fourth-order valence-electron chi connectivity index (χ4n) is 3.39. The van der Waals surface area contributed by atoms with Gasteiger partial charge < -0.3 is 9.80 Å². The van der Waals surface area contributed by atoms with Gasteiger partial charge in [-0.15, -0.1) is 0 Å². The van der Waals surface area contributed by atoms with Crippen LogP contribution in [0.25, 0.3) is 5.69 Å². The highest BCUT2D eigenvalue weighted by atomic mass is 15.6. The maximum Gasteiger partial charge on any atom is 0.250 e. The van der Waals surface area contributed by atoms with Crippen molar-refractivity contribution in [1.29, 1.82) is 0 Å². The van der Waals surface area contributed by atoms with Gasteiger partial charge in [-0.05, 0) is 47.5 Å². The van der Waals surface area contributed by atoms with Crippen molar-refractivity contribution in [3.8, 4) is 5.69 Å². The maximum absolute atomic E-state index is 4.28. The van der Waals surface area contributed by atoms with Gasteiger partial charge in [0.05, 0.1) is 5.69 Å². The Hall–Kier alpha value is -2.89. The Morgan fingerprint density at radius 3 is 2.36 bits per heavy atom. The van der Waals surface area contributed by atoms with Gasteiger partial charge in [0.1, 0.15) is 0 Å². The Morgan fingerprint density at radius 1 is 0.800 bits per heavy atom. The van der Waals surface area contributed by atoms with Gasteiger partial charge in [-0.25, -0.2) is 0 Å². The predicted octanol–water partition coefficient (Wildman–Crippen LogP) is 2.69. The summed E-state index contributed by atoms with van der Waals surface area (Å²) in [4.78, 5) is 4.75. The smallest absolute Gasteiger partial charge is 0.250 e. The van der Waals surface area contributed by atoms with E-state index in [2.05, 4.69) is 56.5 Å². The van der Waals surface area contributed by atoms with Gasteiger partial charge in [0.25, 0.3) is 0 Å². The molecule has 0 radical (unpaired) electrons. The molecule has 3 aromatic rings. The standard InChI is InChI=1S/C19H22N6/c1-16-8-5-6-11-18(16)23-12-7-13-24(15-14-23)19-20-21-22-25(19)17-9-3-2-4-10-17/h2-6,8-11H,7,12-15H2,1H3. The summed E-state index contributed by atoms with van der Waals surface area (Å²) in [5.74, 6) is 0.817. The number of hydrogen-bond acceptors (Lipinski definition) is 5. The van der Waals surface area contributed by atoms with E-state index in [4.69, 9.17) is 0 Å². The van der Waals surface area contributed by atoms with E-state index >= 15 is 0 Å². The van der Waals surface area contributed by atoms with E-state index in [0.717, 1.165) is 44.2 Å². The van der Waals surface area contributed by atoms with Crippen LogP contribution >= 0.6 is 0 Å². The van der Waals surface area contributed by atoms with Crippen LogP contribution in [0.2, 0.25) is 0 Å². The van der Waals surface area contributed by atoms with E-state index in [9.17, 15) is 0 Å². The zero-order valence-electron chi connectivity index (χ0n) is 14.4. The molecule has 4 rings (SSSR count). The molecular formula is C19H22N6. The summed E-state index contributed by atoms with van der Waals surface area (Å²) in [5, 5.41) is 12.4. The summed E-state index contributed by atoms with van der Waals surface area (Å²) < 4.78 is 1.82. The molecule has 0 unspecified atom stereocenters. The quantitative estimate of drug-likeness (QED) is 0.737. The first-order chi connectivity index (χ1) is 12.3. The number of aromatic nitrogens is 4. The van der Waals surface area contributed by atoms with Gasteiger partial charge in [0.15, 0.2) is 0 Å². The third-order valence-electron chi connectivity index (χ3n) is 4.69. The van der Waals surface area contributed by atoms with Gasteiger partial charge in [-0.2, -0.15) is 4.68 Å². The van der Waals surface area contributed by atoms with E-state index < -0.39 is 0 Å². The molecular weight excluding hydrogens is 312 g/mol.